The maximum atomic E-state index is 16.1. The van der Waals surface area contributed by atoms with E-state index >= 15 is 4.39 Å². The van der Waals surface area contributed by atoms with Gasteiger partial charge in [-0.15, -0.1) is 11.3 Å². The molecule has 6 rings (SSSR count). The van der Waals surface area contributed by atoms with Gasteiger partial charge in [0.25, 0.3) is 5.91 Å². The van der Waals surface area contributed by atoms with E-state index in [0.29, 0.717) is 43.9 Å². The summed E-state index contributed by atoms with van der Waals surface area (Å²) in [7, 11) is 0. The van der Waals surface area contributed by atoms with Crippen molar-refractivity contribution in [1.82, 2.24) is 15.2 Å². The number of hydrogen-bond acceptors (Lipinski definition) is 7. The summed E-state index contributed by atoms with van der Waals surface area (Å²) in [5.41, 5.74) is 9.61. The molecule has 3 aliphatic rings. The predicted molar refractivity (Wildman–Crippen MR) is 142 cm³/mol. The fraction of sp³-hybridized carbons (Fsp3) is 0.269. The molecule has 3 aliphatic heterocycles. The number of halogens is 3. The number of carbonyl (C=O) groups is 2. The van der Waals surface area contributed by atoms with Crippen LogP contribution in [0, 0.1) is 23.0 Å². The van der Waals surface area contributed by atoms with Gasteiger partial charge in [-0.05, 0) is 30.2 Å². The third kappa shape index (κ3) is 3.48. The largest absolute Gasteiger partial charge is 0.389 e. The monoisotopic (exact) mass is 554 g/mol. The highest BCUT2D eigenvalue weighted by atomic mass is 35.5. The number of nitrogen functional groups attached to an aromatic ring is 1. The lowest BCUT2D eigenvalue weighted by molar-refractivity contribution is -0.128. The molecule has 4 heterocycles. The van der Waals surface area contributed by atoms with Crippen LogP contribution in [0.4, 0.5) is 19.5 Å². The van der Waals surface area contributed by atoms with Crippen molar-refractivity contribution in [2.24, 2.45) is 0 Å². The van der Waals surface area contributed by atoms with E-state index in [0.717, 1.165) is 11.3 Å². The van der Waals surface area contributed by atoms with Gasteiger partial charge in [-0.25, -0.2) is 14.2 Å². The van der Waals surface area contributed by atoms with Crippen molar-refractivity contribution in [3.8, 4) is 17.2 Å². The number of nitrogens with one attached hydrogen (secondary N) is 1. The van der Waals surface area contributed by atoms with Crippen molar-refractivity contribution < 1.29 is 18.4 Å². The van der Waals surface area contributed by atoms with Crippen LogP contribution in [0.2, 0.25) is 0 Å². The molecule has 8 nitrogen and oxygen atoms in total. The minimum Gasteiger partial charge on any atom is -0.389 e. The van der Waals surface area contributed by atoms with Crippen LogP contribution in [0.5, 0.6) is 0 Å². The molecule has 0 aliphatic carbocycles. The predicted octanol–water partition coefficient (Wildman–Crippen LogP) is 4.11. The number of hydrazine groups is 1. The van der Waals surface area contributed by atoms with Gasteiger partial charge < -0.3 is 20.5 Å². The van der Waals surface area contributed by atoms with Crippen LogP contribution >= 0.6 is 22.9 Å². The van der Waals surface area contributed by atoms with Gasteiger partial charge in [-0.3, -0.25) is 9.59 Å². The number of benzene rings is 2. The maximum Gasteiger partial charge on any atom is 0.256 e. The molecule has 2 atom stereocenters. The Morgan fingerprint density at radius 1 is 1.26 bits per heavy atom. The number of hydrogen-bond donors (Lipinski definition) is 2. The molecule has 1 unspecified atom stereocenters. The Morgan fingerprint density at radius 2 is 2.05 bits per heavy atom. The summed E-state index contributed by atoms with van der Waals surface area (Å²) in [4.78, 5) is 29.3. The summed E-state index contributed by atoms with van der Waals surface area (Å²) in [6.45, 7) is 4.98. The Hall–Kier alpha value is -3.72. The Bertz CT molecular complexity index is 1600. The zero-order valence-electron chi connectivity index (χ0n) is 19.9. The molecule has 2 aromatic carbocycles. The molecule has 0 saturated carbocycles. The van der Waals surface area contributed by atoms with Crippen LogP contribution in [-0.4, -0.2) is 53.8 Å². The lowest BCUT2D eigenvalue weighted by Crippen LogP contribution is -2.58. The zero-order valence-corrected chi connectivity index (χ0v) is 21.5. The van der Waals surface area contributed by atoms with Crippen molar-refractivity contribution in [2.75, 3.05) is 36.9 Å². The number of nitriles is 1. The summed E-state index contributed by atoms with van der Waals surface area (Å²) in [6, 6.07) is 5.55. The first-order valence-corrected chi connectivity index (χ1v) is 13.2. The van der Waals surface area contributed by atoms with Crippen molar-refractivity contribution in [1.29, 1.82) is 5.26 Å². The van der Waals surface area contributed by atoms with Gasteiger partial charge in [0.15, 0.2) is 0 Å². The summed E-state index contributed by atoms with van der Waals surface area (Å²) in [5.74, 6) is -1.85. The van der Waals surface area contributed by atoms with Gasteiger partial charge >= 0.3 is 0 Å². The molecule has 194 valence electrons. The molecule has 0 bridgehead atoms. The molecule has 12 heteroatoms. The van der Waals surface area contributed by atoms with Gasteiger partial charge in [-0.2, -0.15) is 5.26 Å². The zero-order chi connectivity index (χ0) is 26.9. The molecule has 0 spiro atoms. The van der Waals surface area contributed by atoms with E-state index in [9.17, 15) is 19.2 Å². The number of thiophene rings is 1. The minimum atomic E-state index is -0.891. The maximum absolute atomic E-state index is 16.1. The number of rotatable bonds is 2. The molecule has 1 saturated heterocycles. The average molecular weight is 555 g/mol. The number of alkyl halides is 1. The lowest BCUT2D eigenvalue weighted by Gasteiger charge is -2.43. The lowest BCUT2D eigenvalue weighted by atomic mass is 9.90. The van der Waals surface area contributed by atoms with E-state index < -0.39 is 17.1 Å². The summed E-state index contributed by atoms with van der Waals surface area (Å²) in [6.07, 6.45) is 1.79. The molecule has 1 fully saturated rings. The molecule has 1 aromatic heterocycles. The molecular formula is C26H21ClF2N6O2S. The second-order valence-corrected chi connectivity index (χ2v) is 10.9. The SMILES string of the molecule is C=CC(=O)N1CCN2C(=O)c3cc(F)c(-c4ccc(F)c5sc(N)c(C#N)c45)c4c3N(CC[C@H]2C1)NC4Cl. The number of carbonyl (C=O) groups excluding carboxylic acids is 2. The highest BCUT2D eigenvalue weighted by Gasteiger charge is 2.42. The summed E-state index contributed by atoms with van der Waals surface area (Å²) in [5, 5.41) is 11.8. The first-order chi connectivity index (χ1) is 18.2. The van der Waals surface area contributed by atoms with Crippen LogP contribution < -0.4 is 16.2 Å². The van der Waals surface area contributed by atoms with Crippen LogP contribution in [0.15, 0.2) is 30.9 Å². The van der Waals surface area contributed by atoms with E-state index in [1.807, 2.05) is 6.07 Å². The molecule has 3 N–H and O–H groups in total. The van der Waals surface area contributed by atoms with Gasteiger partial charge in [-0.1, -0.05) is 24.2 Å². The number of nitrogens with two attached hydrogens (primary N) is 1. The molecule has 2 amide bonds. The Balaban J connectivity index is 1.53. The minimum absolute atomic E-state index is 0.0673. The van der Waals surface area contributed by atoms with E-state index in [2.05, 4.69) is 12.0 Å². The smallest absolute Gasteiger partial charge is 0.256 e. The molecule has 38 heavy (non-hydrogen) atoms. The standard InChI is InChI=1S/C26H21ClF2N6O2S/c1-2-18(36)33-7-8-34-12(11-33)5-6-35-22-14(26(34)37)9-17(29)20(21(22)24(27)32-35)13-3-4-16(28)23-19(13)15(10-30)25(31)38-23/h2-4,9,12,24,32H,1,5-8,11,31H2/t12-,24?/m0/s1. The fourth-order valence-corrected chi connectivity index (χ4v) is 7.00. The number of piperazine rings is 1. The molecule has 0 radical (unpaired) electrons. The average Bonchev–Trinajstić information content (AvgIpc) is 3.42. The van der Waals surface area contributed by atoms with Crippen molar-refractivity contribution in [3.05, 3.63) is 59.2 Å². The number of fused-ring (bicyclic) bond motifs is 2. The van der Waals surface area contributed by atoms with Crippen LogP contribution in [0.25, 0.3) is 21.2 Å². The van der Waals surface area contributed by atoms with Gasteiger partial charge in [0.2, 0.25) is 5.91 Å². The fourth-order valence-electron chi connectivity index (χ4n) is 5.72. The van der Waals surface area contributed by atoms with E-state index in [-0.39, 0.29) is 55.2 Å². The van der Waals surface area contributed by atoms with Gasteiger partial charge in [0.05, 0.1) is 27.6 Å². The Morgan fingerprint density at radius 3 is 2.79 bits per heavy atom. The topological polar surface area (TPSA) is 106 Å². The normalized spacial score (nSPS) is 20.6. The van der Waals surface area contributed by atoms with Crippen molar-refractivity contribution >= 4 is 55.5 Å². The Kier molecular flexibility index (Phi) is 5.79. The summed E-state index contributed by atoms with van der Waals surface area (Å²) >= 11 is 7.65. The van der Waals surface area contributed by atoms with Crippen molar-refractivity contribution in [2.45, 2.75) is 18.0 Å². The van der Waals surface area contributed by atoms with Gasteiger partial charge in [0.1, 0.15) is 28.2 Å². The van der Waals surface area contributed by atoms with Crippen LogP contribution in [-0.2, 0) is 4.79 Å². The Labute approximate surface area is 225 Å². The van der Waals surface area contributed by atoms with E-state index in [1.54, 1.807) is 14.8 Å². The second kappa shape index (κ2) is 8.94. The third-order valence-corrected chi connectivity index (χ3v) is 8.77. The van der Waals surface area contributed by atoms with E-state index in [4.69, 9.17) is 17.3 Å². The third-order valence-electron chi connectivity index (χ3n) is 7.43. The quantitative estimate of drug-likeness (QED) is 0.281. The number of nitrogens with zero attached hydrogens (tertiary/aromatic N) is 4. The number of amides is 2. The van der Waals surface area contributed by atoms with Crippen LogP contribution in [0.1, 0.15) is 33.4 Å². The molecule has 3 aromatic rings. The summed E-state index contributed by atoms with van der Waals surface area (Å²) < 4.78 is 30.9. The van der Waals surface area contributed by atoms with Gasteiger partial charge in [0, 0.05) is 42.7 Å². The van der Waals surface area contributed by atoms with E-state index in [1.165, 1.54) is 24.3 Å². The number of anilines is 2. The van der Waals surface area contributed by atoms with Crippen LogP contribution in [0.3, 0.4) is 0 Å². The first kappa shape index (κ1) is 24.6. The second-order valence-electron chi connectivity index (χ2n) is 9.37. The highest BCUT2D eigenvalue weighted by molar-refractivity contribution is 7.23. The van der Waals surface area contributed by atoms with Crippen molar-refractivity contribution in [3.63, 3.8) is 0 Å². The first-order valence-electron chi connectivity index (χ1n) is 11.9. The highest BCUT2D eigenvalue weighted by Crippen LogP contribution is 2.50. The molecular weight excluding hydrogens is 534 g/mol.